The molecule has 1 amide bonds. The van der Waals surface area contributed by atoms with Crippen molar-refractivity contribution in [1.82, 2.24) is 5.32 Å². The van der Waals surface area contributed by atoms with E-state index in [1.165, 1.54) is 167 Å². The van der Waals surface area contributed by atoms with Crippen LogP contribution in [0.3, 0.4) is 0 Å². The number of aliphatic hydroxyl groups excluding tert-OH is 2. The summed E-state index contributed by atoms with van der Waals surface area (Å²) in [5.41, 5.74) is 0. The molecule has 3 N–H and O–H groups in total. The molecule has 0 aromatic rings. The third kappa shape index (κ3) is 53.9. The molecule has 0 aromatic carbocycles. The lowest BCUT2D eigenvalue weighted by molar-refractivity contribution is -0.123. The second kappa shape index (κ2) is 57.4. The van der Waals surface area contributed by atoms with Crippen LogP contribution in [-0.4, -0.2) is 34.9 Å². The first-order valence-corrected chi connectivity index (χ1v) is 28.6. The molecule has 0 rings (SSSR count). The minimum absolute atomic E-state index is 0.0670. The van der Waals surface area contributed by atoms with E-state index in [1.807, 2.05) is 6.08 Å². The van der Waals surface area contributed by atoms with Crippen LogP contribution in [0.15, 0.2) is 109 Å². The highest BCUT2D eigenvalue weighted by atomic mass is 16.3. The van der Waals surface area contributed by atoms with E-state index in [2.05, 4.69) is 116 Å². The molecule has 2 unspecified atom stereocenters. The van der Waals surface area contributed by atoms with Crippen LogP contribution in [0.1, 0.15) is 264 Å². The van der Waals surface area contributed by atoms with Gasteiger partial charge in [0.1, 0.15) is 0 Å². The fourth-order valence-electron chi connectivity index (χ4n) is 8.20. The molecule has 2 atom stereocenters. The van der Waals surface area contributed by atoms with Gasteiger partial charge in [-0.3, -0.25) is 4.79 Å². The van der Waals surface area contributed by atoms with Gasteiger partial charge >= 0.3 is 0 Å². The second-order valence-electron chi connectivity index (χ2n) is 19.0. The van der Waals surface area contributed by atoms with Crippen molar-refractivity contribution in [2.75, 3.05) is 6.61 Å². The second-order valence-corrected chi connectivity index (χ2v) is 19.0. The predicted octanol–water partition coefficient (Wildman–Crippen LogP) is 19.1. The zero-order valence-electron chi connectivity index (χ0n) is 44.1. The third-order valence-corrected chi connectivity index (χ3v) is 12.5. The molecule has 0 bridgehead atoms. The quantitative estimate of drug-likeness (QED) is 0.0420. The Hall–Kier alpha value is -2.95. The van der Waals surface area contributed by atoms with E-state index >= 15 is 0 Å². The number of rotatable bonds is 51. The molecule has 0 aliphatic heterocycles. The first-order valence-electron chi connectivity index (χ1n) is 28.6. The number of hydrogen-bond donors (Lipinski definition) is 3. The van der Waals surface area contributed by atoms with Gasteiger partial charge in [0.15, 0.2) is 0 Å². The third-order valence-electron chi connectivity index (χ3n) is 12.5. The maximum absolute atomic E-state index is 12.5. The van der Waals surface area contributed by atoms with Crippen molar-refractivity contribution in [1.29, 1.82) is 0 Å². The molecule has 0 saturated heterocycles. The van der Waals surface area contributed by atoms with Crippen LogP contribution in [0.25, 0.3) is 0 Å². The average molecular weight is 929 g/mol. The number of aliphatic hydroxyl groups is 2. The maximum Gasteiger partial charge on any atom is 0.220 e. The number of allylic oxidation sites excluding steroid dienone is 17. The average Bonchev–Trinajstić information content (AvgIpc) is 3.33. The Kier molecular flexibility index (Phi) is 54.8. The lowest BCUT2D eigenvalue weighted by Crippen LogP contribution is -2.45. The Balaban J connectivity index is 3.54. The molecule has 0 aliphatic rings. The molecule has 0 fully saturated rings. The van der Waals surface area contributed by atoms with Gasteiger partial charge in [-0.15, -0.1) is 0 Å². The highest BCUT2D eigenvalue weighted by Crippen LogP contribution is 2.16. The van der Waals surface area contributed by atoms with E-state index in [4.69, 9.17) is 0 Å². The molecule has 384 valence electrons. The molecular formula is C63H109NO3. The van der Waals surface area contributed by atoms with Gasteiger partial charge in [-0.1, -0.05) is 284 Å². The lowest BCUT2D eigenvalue weighted by Gasteiger charge is -2.20. The summed E-state index contributed by atoms with van der Waals surface area (Å²) in [4.78, 5) is 12.5. The predicted molar refractivity (Wildman–Crippen MR) is 299 cm³/mol. The standard InChI is InChI=1S/C63H109NO3/c1-3-5-7-9-11-13-15-17-19-21-22-23-24-25-26-27-28-29-30-31-32-33-34-35-36-37-38-39-40-41-42-43-45-47-49-51-53-55-57-59-63(67)64-61(60-65)62(66)58-56-54-52-50-48-46-44-20-18-16-14-12-10-8-6-4-2/h5,7,11,13,17,19,22-23,25-26,28-29,31-32,34-35,56,58,61-62,65-66H,3-4,6,8-10,12,14-16,18,20-21,24,27,30,33,36-55,57,59-60H2,1-2H3,(H,64,67)/b7-5-,13-11-,19-17-,23-22-,26-25-,29-28-,32-31-,35-34-,58-56+. The van der Waals surface area contributed by atoms with Crippen LogP contribution in [0, 0.1) is 0 Å². The Morgan fingerprint density at radius 1 is 0.373 bits per heavy atom. The minimum Gasteiger partial charge on any atom is -0.394 e. The number of carbonyl (C=O) groups excluding carboxylic acids is 1. The van der Waals surface area contributed by atoms with Crippen molar-refractivity contribution in [2.45, 2.75) is 276 Å². The van der Waals surface area contributed by atoms with Crippen molar-refractivity contribution in [3.05, 3.63) is 109 Å². The van der Waals surface area contributed by atoms with E-state index in [9.17, 15) is 15.0 Å². The fourth-order valence-corrected chi connectivity index (χ4v) is 8.20. The smallest absolute Gasteiger partial charge is 0.220 e. The summed E-state index contributed by atoms with van der Waals surface area (Å²) in [6, 6.07) is -0.628. The normalized spacial score (nSPS) is 13.7. The summed E-state index contributed by atoms with van der Waals surface area (Å²) in [6.45, 7) is 4.20. The van der Waals surface area contributed by atoms with Gasteiger partial charge in [-0.25, -0.2) is 0 Å². The summed E-state index contributed by atoms with van der Waals surface area (Å²) >= 11 is 0. The molecule has 0 spiro atoms. The van der Waals surface area contributed by atoms with Crippen molar-refractivity contribution in [3.8, 4) is 0 Å². The zero-order chi connectivity index (χ0) is 48.5. The van der Waals surface area contributed by atoms with Crippen LogP contribution in [0.5, 0.6) is 0 Å². The van der Waals surface area contributed by atoms with Crippen LogP contribution in [0.4, 0.5) is 0 Å². The number of amides is 1. The van der Waals surface area contributed by atoms with Crippen molar-refractivity contribution >= 4 is 5.91 Å². The number of nitrogens with one attached hydrogen (secondary N) is 1. The Labute approximate surface area is 416 Å². The number of unbranched alkanes of at least 4 members (excludes halogenated alkanes) is 28. The molecule has 0 saturated carbocycles. The zero-order valence-corrected chi connectivity index (χ0v) is 44.1. The van der Waals surface area contributed by atoms with Crippen LogP contribution < -0.4 is 5.32 Å². The van der Waals surface area contributed by atoms with E-state index in [1.54, 1.807) is 6.08 Å². The Bertz CT molecular complexity index is 1280. The molecule has 0 aliphatic carbocycles. The van der Waals surface area contributed by atoms with Crippen LogP contribution >= 0.6 is 0 Å². The Morgan fingerprint density at radius 2 is 0.657 bits per heavy atom. The fraction of sp³-hybridized carbons (Fsp3) is 0.698. The highest BCUT2D eigenvalue weighted by Gasteiger charge is 2.18. The van der Waals surface area contributed by atoms with E-state index < -0.39 is 12.1 Å². The molecular weight excluding hydrogens is 819 g/mol. The summed E-state index contributed by atoms with van der Waals surface area (Å²) in [7, 11) is 0. The first-order chi connectivity index (χ1) is 33.2. The molecule has 67 heavy (non-hydrogen) atoms. The van der Waals surface area contributed by atoms with E-state index in [0.29, 0.717) is 6.42 Å². The largest absolute Gasteiger partial charge is 0.394 e. The number of carbonyl (C=O) groups is 1. The van der Waals surface area contributed by atoms with E-state index in [-0.39, 0.29) is 12.5 Å². The molecule has 4 nitrogen and oxygen atoms in total. The van der Waals surface area contributed by atoms with Crippen molar-refractivity contribution < 1.29 is 15.0 Å². The lowest BCUT2D eigenvalue weighted by atomic mass is 10.0. The highest BCUT2D eigenvalue weighted by molar-refractivity contribution is 5.76. The SMILES string of the molecule is CC/C=C\C/C=C\C/C=C\C/C=C\C/C=C\C/C=C\C/C=C\C/C=C\CCCCCCCCCCCCCCCCC(=O)NC(CO)C(O)/C=C/CCCCCCCCCCCCCCCC. The van der Waals surface area contributed by atoms with Crippen molar-refractivity contribution in [3.63, 3.8) is 0 Å². The molecule has 0 heterocycles. The molecule has 4 heteroatoms. The summed E-state index contributed by atoms with van der Waals surface area (Å²) in [5, 5.41) is 23.1. The van der Waals surface area contributed by atoms with Crippen LogP contribution in [-0.2, 0) is 4.79 Å². The van der Waals surface area contributed by atoms with Gasteiger partial charge < -0.3 is 15.5 Å². The van der Waals surface area contributed by atoms with Crippen molar-refractivity contribution in [2.24, 2.45) is 0 Å². The summed E-state index contributed by atoms with van der Waals surface area (Å²) in [5.74, 6) is -0.0670. The first kappa shape index (κ1) is 64.0. The monoisotopic (exact) mass is 928 g/mol. The molecule has 0 aromatic heterocycles. The summed E-state index contributed by atoms with van der Waals surface area (Å²) in [6.07, 6.45) is 86.7. The minimum atomic E-state index is -0.844. The van der Waals surface area contributed by atoms with Gasteiger partial charge in [-0.2, -0.15) is 0 Å². The van der Waals surface area contributed by atoms with Gasteiger partial charge in [0.05, 0.1) is 18.8 Å². The topological polar surface area (TPSA) is 69.6 Å². The maximum atomic E-state index is 12.5. The van der Waals surface area contributed by atoms with Gasteiger partial charge in [0.2, 0.25) is 5.91 Å². The van der Waals surface area contributed by atoms with Gasteiger partial charge in [-0.05, 0) is 83.5 Å². The number of hydrogen-bond acceptors (Lipinski definition) is 3. The Morgan fingerprint density at radius 3 is 0.985 bits per heavy atom. The summed E-state index contributed by atoms with van der Waals surface area (Å²) < 4.78 is 0. The van der Waals surface area contributed by atoms with Crippen LogP contribution in [0.2, 0.25) is 0 Å². The van der Waals surface area contributed by atoms with E-state index in [0.717, 1.165) is 77.0 Å². The van der Waals surface area contributed by atoms with Gasteiger partial charge in [0.25, 0.3) is 0 Å². The molecule has 0 radical (unpaired) electrons. The van der Waals surface area contributed by atoms with Gasteiger partial charge in [0, 0.05) is 6.42 Å².